The van der Waals surface area contributed by atoms with Gasteiger partial charge < -0.3 is 19.7 Å². The van der Waals surface area contributed by atoms with Crippen LogP contribution in [0.2, 0.25) is 0 Å². The first kappa shape index (κ1) is 17.8. The van der Waals surface area contributed by atoms with E-state index in [1.807, 2.05) is 12.4 Å². The number of pyridine rings is 1. The van der Waals surface area contributed by atoms with Crippen LogP contribution in [0.3, 0.4) is 0 Å². The number of hydrogen-bond acceptors (Lipinski definition) is 5. The Labute approximate surface area is 177 Å². The van der Waals surface area contributed by atoms with Crippen LogP contribution in [0, 0.1) is 29.1 Å². The highest BCUT2D eigenvalue weighted by Crippen LogP contribution is 2.59. The van der Waals surface area contributed by atoms with Gasteiger partial charge in [0, 0.05) is 53.3 Å². The number of fused-ring (bicyclic) bond motifs is 5. The molecule has 4 saturated carbocycles. The van der Waals surface area contributed by atoms with Crippen LogP contribution in [-0.4, -0.2) is 51.5 Å². The molecule has 0 spiro atoms. The third-order valence-corrected chi connectivity index (χ3v) is 8.42. The van der Waals surface area contributed by atoms with E-state index in [4.69, 9.17) is 14.7 Å². The molecule has 4 heterocycles. The number of hydrazone groups is 1. The highest BCUT2D eigenvalue weighted by molar-refractivity contribution is 6.67. The SMILES string of the molecule is CC1(C)COB2c3cnc4[nH]ccc4c3C([C@H]3[C@@H]4C[C@@H]5C[C@H]3C[C@@](O)(C5)C4)=NN2C1. The summed E-state index contributed by atoms with van der Waals surface area (Å²) >= 11 is 0. The number of nitrogens with one attached hydrogen (secondary N) is 1. The number of aromatic amines is 1. The fourth-order valence-corrected chi connectivity index (χ4v) is 7.64. The van der Waals surface area contributed by atoms with Crippen LogP contribution in [0.25, 0.3) is 11.0 Å². The molecule has 2 aliphatic heterocycles. The Morgan fingerprint density at radius 3 is 2.80 bits per heavy atom. The molecule has 0 unspecified atom stereocenters. The maximum Gasteiger partial charge on any atom is 0.471 e. The molecule has 2 aromatic heterocycles. The van der Waals surface area contributed by atoms with Crippen LogP contribution in [0.5, 0.6) is 0 Å². The fourth-order valence-electron chi connectivity index (χ4n) is 7.64. The molecule has 4 aliphatic carbocycles. The van der Waals surface area contributed by atoms with Crippen molar-refractivity contribution in [3.05, 3.63) is 24.0 Å². The number of nitrogens with zero attached hydrogens (tertiary/aromatic N) is 3. The topological polar surface area (TPSA) is 73.7 Å². The lowest BCUT2D eigenvalue weighted by atomic mass is 9.48. The zero-order valence-corrected chi connectivity index (χ0v) is 17.8. The number of aliphatic hydroxyl groups is 1. The lowest BCUT2D eigenvalue weighted by Crippen LogP contribution is -2.63. The van der Waals surface area contributed by atoms with Crippen LogP contribution in [0.15, 0.2) is 23.6 Å². The normalized spacial score (nSPS) is 38.6. The summed E-state index contributed by atoms with van der Waals surface area (Å²) in [5.41, 5.74) is 4.21. The summed E-state index contributed by atoms with van der Waals surface area (Å²) in [6, 6.07) is 2.14. The minimum atomic E-state index is -0.425. The Hall–Kier alpha value is -1.86. The molecule has 6 nitrogen and oxygen atoms in total. The molecule has 0 amide bonds. The molecule has 30 heavy (non-hydrogen) atoms. The van der Waals surface area contributed by atoms with E-state index in [-0.39, 0.29) is 12.5 Å². The van der Waals surface area contributed by atoms with E-state index in [2.05, 4.69) is 29.8 Å². The second-order valence-electron chi connectivity index (χ2n) is 11.5. The predicted molar refractivity (Wildman–Crippen MR) is 116 cm³/mol. The molecule has 2 N–H and O–H groups in total. The first-order chi connectivity index (χ1) is 14.4. The molecule has 2 aromatic rings. The van der Waals surface area contributed by atoms with E-state index in [1.54, 1.807) is 0 Å². The summed E-state index contributed by atoms with van der Waals surface area (Å²) in [5, 5.41) is 17.6. The Morgan fingerprint density at radius 1 is 1.23 bits per heavy atom. The average molecular weight is 404 g/mol. The van der Waals surface area contributed by atoms with Gasteiger partial charge in [-0.25, -0.2) is 4.98 Å². The summed E-state index contributed by atoms with van der Waals surface area (Å²) < 4.78 is 6.35. The minimum absolute atomic E-state index is 0.0768. The molecule has 4 bridgehead atoms. The summed E-state index contributed by atoms with van der Waals surface area (Å²) in [6.07, 6.45) is 9.35. The quantitative estimate of drug-likeness (QED) is 0.717. The predicted octanol–water partition coefficient (Wildman–Crippen LogP) is 2.52. The molecule has 0 aromatic carbocycles. The van der Waals surface area contributed by atoms with Crippen molar-refractivity contribution >= 4 is 29.3 Å². The largest absolute Gasteiger partial charge is 0.471 e. The van der Waals surface area contributed by atoms with Gasteiger partial charge in [0.1, 0.15) is 5.65 Å². The zero-order valence-electron chi connectivity index (χ0n) is 17.8. The average Bonchev–Trinajstić information content (AvgIpc) is 3.14. The van der Waals surface area contributed by atoms with Crippen LogP contribution < -0.4 is 5.46 Å². The second-order valence-corrected chi connectivity index (χ2v) is 11.5. The smallest absolute Gasteiger partial charge is 0.411 e. The summed E-state index contributed by atoms with van der Waals surface area (Å²) in [6.45, 7) is 6.12. The third kappa shape index (κ3) is 2.39. The third-order valence-electron chi connectivity index (χ3n) is 8.42. The Balaban J connectivity index is 1.40. The van der Waals surface area contributed by atoms with E-state index in [1.165, 1.54) is 24.1 Å². The van der Waals surface area contributed by atoms with E-state index in [9.17, 15) is 5.11 Å². The first-order valence-corrected chi connectivity index (χ1v) is 11.5. The number of rotatable bonds is 1. The molecule has 5 fully saturated rings. The van der Waals surface area contributed by atoms with Gasteiger partial charge in [-0.1, -0.05) is 13.8 Å². The van der Waals surface area contributed by atoms with Gasteiger partial charge in [0.25, 0.3) is 0 Å². The maximum absolute atomic E-state index is 11.1. The molecule has 0 radical (unpaired) electrons. The Kier molecular flexibility index (Phi) is 3.37. The molecular weight excluding hydrogens is 375 g/mol. The second kappa shape index (κ2) is 5.68. The summed E-state index contributed by atoms with van der Waals surface area (Å²) in [4.78, 5) is 10.2. The van der Waals surface area contributed by atoms with E-state index in [0.717, 1.165) is 48.9 Å². The maximum atomic E-state index is 11.1. The summed E-state index contributed by atoms with van der Waals surface area (Å²) in [7, 11) is -0.149. The lowest BCUT2D eigenvalue weighted by Gasteiger charge is -2.58. The number of hydrogen-bond donors (Lipinski definition) is 2. The standard InChI is InChI=1S/C23H29BN4O2/c1-22(2)11-28-24(30-12-22)17-10-26-21-16(3-4-25-21)19(17)20(27-28)18-14-5-13-6-15(18)9-23(29,7-13)8-14/h3-4,10,13-15,18,29H,5-9,11-12H2,1-2H3,(H,25,26)/t13-,14-,15+,18+,23-. The van der Waals surface area contributed by atoms with Crippen molar-refractivity contribution in [2.24, 2.45) is 34.2 Å². The Morgan fingerprint density at radius 2 is 2.03 bits per heavy atom. The molecule has 1 saturated heterocycles. The minimum Gasteiger partial charge on any atom is -0.411 e. The van der Waals surface area contributed by atoms with Crippen LogP contribution in [-0.2, 0) is 4.65 Å². The van der Waals surface area contributed by atoms with Crippen LogP contribution >= 0.6 is 0 Å². The molecule has 6 aliphatic rings. The van der Waals surface area contributed by atoms with E-state index >= 15 is 0 Å². The summed E-state index contributed by atoms with van der Waals surface area (Å²) in [5.74, 6) is 2.18. The molecule has 156 valence electrons. The Bertz CT molecular complexity index is 1060. The first-order valence-electron chi connectivity index (χ1n) is 11.5. The van der Waals surface area contributed by atoms with Crippen LogP contribution in [0.1, 0.15) is 51.5 Å². The van der Waals surface area contributed by atoms with Crippen LogP contribution in [0.4, 0.5) is 0 Å². The number of H-pyrrole nitrogens is 1. The van der Waals surface area contributed by atoms with Crippen molar-refractivity contribution in [2.45, 2.75) is 51.6 Å². The van der Waals surface area contributed by atoms with Crippen molar-refractivity contribution < 1.29 is 9.76 Å². The van der Waals surface area contributed by atoms with Crippen molar-refractivity contribution in [3.8, 4) is 0 Å². The monoisotopic (exact) mass is 404 g/mol. The van der Waals surface area contributed by atoms with Gasteiger partial charge in [0.05, 0.1) is 11.3 Å². The van der Waals surface area contributed by atoms with Crippen molar-refractivity contribution in [1.82, 2.24) is 14.9 Å². The van der Waals surface area contributed by atoms with E-state index < -0.39 is 5.60 Å². The van der Waals surface area contributed by atoms with Crippen molar-refractivity contribution in [3.63, 3.8) is 0 Å². The van der Waals surface area contributed by atoms with Gasteiger partial charge in [0.15, 0.2) is 0 Å². The van der Waals surface area contributed by atoms with Gasteiger partial charge in [-0.2, -0.15) is 5.10 Å². The highest BCUT2D eigenvalue weighted by Gasteiger charge is 2.57. The zero-order chi connectivity index (χ0) is 20.3. The molecule has 5 atom stereocenters. The fraction of sp³-hybridized carbons (Fsp3) is 0.652. The van der Waals surface area contributed by atoms with Crippen molar-refractivity contribution in [1.29, 1.82) is 0 Å². The number of aromatic nitrogens is 2. The van der Waals surface area contributed by atoms with E-state index in [0.29, 0.717) is 23.7 Å². The lowest BCUT2D eigenvalue weighted by molar-refractivity contribution is -0.138. The van der Waals surface area contributed by atoms with Crippen molar-refractivity contribution in [2.75, 3.05) is 13.2 Å². The molecular formula is C23H29BN4O2. The van der Waals surface area contributed by atoms with Gasteiger partial charge >= 0.3 is 7.05 Å². The van der Waals surface area contributed by atoms with Gasteiger partial charge in [-0.3, -0.25) is 0 Å². The van der Waals surface area contributed by atoms with Gasteiger partial charge in [-0.15, -0.1) is 0 Å². The molecule has 8 rings (SSSR count). The highest BCUT2D eigenvalue weighted by atomic mass is 16.5. The van der Waals surface area contributed by atoms with Gasteiger partial charge in [-0.05, 0) is 55.9 Å². The van der Waals surface area contributed by atoms with Gasteiger partial charge in [0.2, 0.25) is 0 Å². The molecule has 7 heteroatoms.